The average Bonchev–Trinajstić information content (AvgIpc) is 3.27. The lowest BCUT2D eigenvalue weighted by Crippen LogP contribution is -2.17. The van der Waals surface area contributed by atoms with Crippen molar-refractivity contribution in [3.05, 3.63) is 89.5 Å². The second-order valence-corrected chi connectivity index (χ2v) is 8.73. The smallest absolute Gasteiger partial charge is 0.234 e. The Bertz CT molecular complexity index is 1230. The Hall–Kier alpha value is -3.38. The van der Waals surface area contributed by atoms with Gasteiger partial charge in [0, 0.05) is 16.9 Å². The first kappa shape index (κ1) is 22.8. The van der Waals surface area contributed by atoms with Gasteiger partial charge in [-0.05, 0) is 48.6 Å². The highest BCUT2D eigenvalue weighted by Gasteiger charge is 2.19. The van der Waals surface area contributed by atoms with Gasteiger partial charge in [-0.15, -0.1) is 10.2 Å². The lowest BCUT2D eigenvalue weighted by atomic mass is 10.0. The third-order valence-corrected chi connectivity index (χ3v) is 6.56. The van der Waals surface area contributed by atoms with Crippen LogP contribution in [0.2, 0.25) is 0 Å². The Balaban J connectivity index is 1.61. The topological polar surface area (TPSA) is 59.8 Å². The Morgan fingerprint density at radius 3 is 2.21 bits per heavy atom. The summed E-state index contributed by atoms with van der Waals surface area (Å²) in [5.74, 6) is 0.974. The average molecular weight is 457 g/mol. The number of carbonyl (C=O) groups excluding carboxylic acids is 1. The molecule has 4 rings (SSSR count). The van der Waals surface area contributed by atoms with E-state index in [-0.39, 0.29) is 11.7 Å². The van der Waals surface area contributed by atoms with E-state index in [1.165, 1.54) is 11.8 Å². The second kappa shape index (κ2) is 10.5. The molecule has 4 aromatic rings. The number of hydrogen-bond acceptors (Lipinski definition) is 4. The molecule has 0 bridgehead atoms. The fourth-order valence-corrected chi connectivity index (χ4v) is 4.63. The molecule has 0 atom stereocenters. The molecule has 0 spiro atoms. The van der Waals surface area contributed by atoms with E-state index < -0.39 is 0 Å². The van der Waals surface area contributed by atoms with Crippen molar-refractivity contribution >= 4 is 23.4 Å². The number of thioether (sulfide) groups is 1. The molecule has 1 amide bonds. The van der Waals surface area contributed by atoms with E-state index >= 15 is 0 Å². The molecule has 0 aliphatic carbocycles. The maximum atomic E-state index is 12.9. The lowest BCUT2D eigenvalue weighted by Gasteiger charge is -2.14. The predicted molar refractivity (Wildman–Crippen MR) is 136 cm³/mol. The van der Waals surface area contributed by atoms with Crippen LogP contribution < -0.4 is 5.32 Å². The highest BCUT2D eigenvalue weighted by molar-refractivity contribution is 7.99. The summed E-state index contributed by atoms with van der Waals surface area (Å²) in [7, 11) is 0. The molecule has 33 heavy (non-hydrogen) atoms. The first-order valence-electron chi connectivity index (χ1n) is 11.2. The van der Waals surface area contributed by atoms with Crippen LogP contribution in [0.3, 0.4) is 0 Å². The van der Waals surface area contributed by atoms with Gasteiger partial charge in [0.05, 0.1) is 5.75 Å². The van der Waals surface area contributed by atoms with Crippen LogP contribution in [0.4, 0.5) is 5.69 Å². The Morgan fingerprint density at radius 2 is 1.55 bits per heavy atom. The number of amides is 1. The largest absolute Gasteiger partial charge is 0.325 e. The fraction of sp³-hybridized carbons (Fsp3) is 0.222. The Kier molecular flexibility index (Phi) is 7.25. The van der Waals surface area contributed by atoms with Crippen LogP contribution >= 0.6 is 11.8 Å². The van der Waals surface area contributed by atoms with Crippen molar-refractivity contribution in [3.63, 3.8) is 0 Å². The van der Waals surface area contributed by atoms with E-state index in [2.05, 4.69) is 60.6 Å². The van der Waals surface area contributed by atoms with Gasteiger partial charge in [-0.2, -0.15) is 0 Å². The van der Waals surface area contributed by atoms with E-state index in [9.17, 15) is 4.79 Å². The van der Waals surface area contributed by atoms with Crippen LogP contribution in [0.5, 0.6) is 0 Å². The summed E-state index contributed by atoms with van der Waals surface area (Å²) in [5.41, 5.74) is 6.37. The minimum absolute atomic E-state index is 0.0457. The van der Waals surface area contributed by atoms with Crippen LogP contribution in [-0.2, 0) is 17.6 Å². The van der Waals surface area contributed by atoms with Gasteiger partial charge in [-0.3, -0.25) is 9.36 Å². The summed E-state index contributed by atoms with van der Waals surface area (Å²) in [6, 6.07) is 24.4. The van der Waals surface area contributed by atoms with Gasteiger partial charge in [-0.1, -0.05) is 86.3 Å². The molecule has 1 N–H and O–H groups in total. The molecule has 6 heteroatoms. The van der Waals surface area contributed by atoms with Gasteiger partial charge >= 0.3 is 0 Å². The number of carbonyl (C=O) groups is 1. The third kappa shape index (κ3) is 5.01. The van der Waals surface area contributed by atoms with Gasteiger partial charge in [-0.25, -0.2) is 0 Å². The quantitative estimate of drug-likeness (QED) is 0.326. The van der Waals surface area contributed by atoms with E-state index in [4.69, 9.17) is 0 Å². The zero-order chi connectivity index (χ0) is 23.2. The van der Waals surface area contributed by atoms with Gasteiger partial charge in [0.15, 0.2) is 11.0 Å². The molecule has 0 aliphatic heterocycles. The van der Waals surface area contributed by atoms with Crippen LogP contribution in [0, 0.1) is 6.92 Å². The first-order valence-corrected chi connectivity index (χ1v) is 12.2. The van der Waals surface area contributed by atoms with Crippen molar-refractivity contribution in [2.24, 2.45) is 0 Å². The highest BCUT2D eigenvalue weighted by atomic mass is 32.2. The molecular weight excluding hydrogens is 428 g/mol. The second-order valence-electron chi connectivity index (χ2n) is 7.79. The summed E-state index contributed by atoms with van der Waals surface area (Å²) < 4.78 is 2.03. The van der Waals surface area contributed by atoms with E-state index in [0.29, 0.717) is 5.16 Å². The molecule has 0 unspecified atom stereocenters. The van der Waals surface area contributed by atoms with Crippen LogP contribution in [0.15, 0.2) is 78.0 Å². The molecule has 0 saturated heterocycles. The number of nitrogens with one attached hydrogen (secondary N) is 1. The highest BCUT2D eigenvalue weighted by Crippen LogP contribution is 2.30. The van der Waals surface area contributed by atoms with Gasteiger partial charge < -0.3 is 5.32 Å². The van der Waals surface area contributed by atoms with Crippen molar-refractivity contribution < 1.29 is 4.79 Å². The Labute approximate surface area is 199 Å². The van der Waals surface area contributed by atoms with E-state index in [1.54, 1.807) is 0 Å². The summed E-state index contributed by atoms with van der Waals surface area (Å²) in [6.07, 6.45) is 1.75. The molecule has 0 fully saturated rings. The number of aromatic nitrogens is 3. The number of nitrogens with zero attached hydrogens (tertiary/aromatic N) is 3. The number of rotatable bonds is 8. The molecule has 5 nitrogen and oxygen atoms in total. The zero-order valence-corrected chi connectivity index (χ0v) is 20.0. The predicted octanol–water partition coefficient (Wildman–Crippen LogP) is 6.10. The van der Waals surface area contributed by atoms with Crippen LogP contribution in [0.25, 0.3) is 17.1 Å². The summed E-state index contributed by atoms with van der Waals surface area (Å²) >= 11 is 1.39. The fourth-order valence-electron chi connectivity index (χ4n) is 3.88. The van der Waals surface area contributed by atoms with Crippen molar-refractivity contribution in [1.82, 2.24) is 14.8 Å². The number of anilines is 1. The summed E-state index contributed by atoms with van der Waals surface area (Å²) in [5, 5.41) is 12.8. The first-order chi connectivity index (χ1) is 16.1. The molecule has 3 aromatic carbocycles. The van der Waals surface area contributed by atoms with E-state index in [1.807, 2.05) is 53.1 Å². The molecule has 1 heterocycles. The van der Waals surface area contributed by atoms with E-state index in [0.717, 1.165) is 52.3 Å². The van der Waals surface area contributed by atoms with Gasteiger partial charge in [0.2, 0.25) is 5.91 Å². The Morgan fingerprint density at radius 1 is 0.879 bits per heavy atom. The summed E-state index contributed by atoms with van der Waals surface area (Å²) in [4.78, 5) is 12.9. The van der Waals surface area contributed by atoms with Gasteiger partial charge in [0.1, 0.15) is 0 Å². The number of benzene rings is 3. The molecule has 0 aliphatic rings. The maximum Gasteiger partial charge on any atom is 0.234 e. The molecular formula is C27H28N4OS. The maximum absolute atomic E-state index is 12.9. The summed E-state index contributed by atoms with van der Waals surface area (Å²) in [6.45, 7) is 6.28. The van der Waals surface area contributed by atoms with Crippen molar-refractivity contribution in [2.75, 3.05) is 11.1 Å². The molecule has 168 valence electrons. The van der Waals surface area contributed by atoms with Crippen molar-refractivity contribution in [2.45, 2.75) is 38.8 Å². The SMILES string of the molecule is CCc1cccc(CC)c1NC(=O)CSc1nnc(-c2ccccc2C)n1-c1ccccc1. The van der Waals surface area contributed by atoms with Crippen molar-refractivity contribution in [1.29, 1.82) is 0 Å². The van der Waals surface area contributed by atoms with Crippen molar-refractivity contribution in [3.8, 4) is 17.1 Å². The third-order valence-electron chi connectivity index (χ3n) is 5.63. The van der Waals surface area contributed by atoms with Crippen LogP contribution in [-0.4, -0.2) is 26.4 Å². The lowest BCUT2D eigenvalue weighted by molar-refractivity contribution is -0.113. The minimum Gasteiger partial charge on any atom is -0.325 e. The zero-order valence-electron chi connectivity index (χ0n) is 19.2. The van der Waals surface area contributed by atoms with Gasteiger partial charge in [0.25, 0.3) is 0 Å². The monoisotopic (exact) mass is 456 g/mol. The standard InChI is InChI=1S/C27H28N4OS/c1-4-20-13-11-14-21(5-2)25(20)28-24(32)18-33-27-30-29-26(23-17-10-9-12-19(23)3)31(27)22-15-7-6-8-16-22/h6-17H,4-5,18H2,1-3H3,(H,28,32). The number of hydrogen-bond donors (Lipinski definition) is 1. The number of aryl methyl sites for hydroxylation is 3. The van der Waals surface area contributed by atoms with Crippen LogP contribution in [0.1, 0.15) is 30.5 Å². The molecule has 0 radical (unpaired) electrons. The molecule has 1 aromatic heterocycles. The number of para-hydroxylation sites is 2. The minimum atomic E-state index is -0.0457. The molecule has 0 saturated carbocycles. The normalized spacial score (nSPS) is 10.9.